The summed E-state index contributed by atoms with van der Waals surface area (Å²) in [6.07, 6.45) is -0.448. The number of carbonyl (C=O) groups excluding carboxylic acids is 1. The van der Waals surface area contributed by atoms with Crippen molar-refractivity contribution in [2.45, 2.75) is 20.0 Å². The molecule has 1 aromatic carbocycles. The van der Waals surface area contributed by atoms with Crippen LogP contribution in [-0.4, -0.2) is 25.6 Å². The second-order valence-electron chi connectivity index (χ2n) is 3.31. The number of halogens is 1. The van der Waals surface area contributed by atoms with Gasteiger partial charge in [-0.25, -0.2) is 0 Å². The average molecular weight is 243 g/mol. The van der Waals surface area contributed by atoms with E-state index >= 15 is 0 Å². The summed E-state index contributed by atoms with van der Waals surface area (Å²) in [5, 5.41) is 0.489. The van der Waals surface area contributed by atoms with E-state index in [1.165, 1.54) is 7.11 Å². The van der Waals surface area contributed by atoms with E-state index in [4.69, 9.17) is 21.1 Å². The number of carbonyl (C=O) groups is 1. The maximum atomic E-state index is 11.9. The summed E-state index contributed by atoms with van der Waals surface area (Å²) in [4.78, 5) is 11.9. The van der Waals surface area contributed by atoms with Crippen LogP contribution in [0.3, 0.4) is 0 Å². The Kier molecular flexibility index (Phi) is 4.77. The molecule has 0 radical (unpaired) electrons. The third kappa shape index (κ3) is 2.97. The number of ether oxygens (including phenoxy) is 2. The lowest BCUT2D eigenvalue weighted by Crippen LogP contribution is -2.20. The topological polar surface area (TPSA) is 35.5 Å². The van der Waals surface area contributed by atoms with Crippen molar-refractivity contribution in [2.24, 2.45) is 0 Å². The van der Waals surface area contributed by atoms with Gasteiger partial charge in [-0.1, -0.05) is 11.6 Å². The van der Waals surface area contributed by atoms with Crippen LogP contribution in [0.25, 0.3) is 0 Å². The van der Waals surface area contributed by atoms with Gasteiger partial charge in [0.15, 0.2) is 5.78 Å². The maximum absolute atomic E-state index is 11.9. The molecule has 0 aliphatic carbocycles. The molecule has 3 nitrogen and oxygen atoms in total. The van der Waals surface area contributed by atoms with Crippen LogP contribution in [0.2, 0.25) is 5.02 Å². The van der Waals surface area contributed by atoms with Crippen LogP contribution in [-0.2, 0) is 4.74 Å². The van der Waals surface area contributed by atoms with Crippen LogP contribution in [0.4, 0.5) is 0 Å². The van der Waals surface area contributed by atoms with Crippen molar-refractivity contribution < 1.29 is 14.3 Å². The maximum Gasteiger partial charge on any atom is 0.191 e. The molecule has 0 N–H and O–H groups in total. The summed E-state index contributed by atoms with van der Waals surface area (Å²) in [5.41, 5.74) is 0.544. The fourth-order valence-electron chi connectivity index (χ4n) is 1.37. The first-order chi connectivity index (χ1) is 7.60. The average Bonchev–Trinajstić information content (AvgIpc) is 2.29. The lowest BCUT2D eigenvalue weighted by atomic mass is 10.1. The van der Waals surface area contributed by atoms with Gasteiger partial charge in [0, 0.05) is 12.2 Å². The predicted molar refractivity (Wildman–Crippen MR) is 63.4 cm³/mol. The minimum absolute atomic E-state index is 0.0724. The lowest BCUT2D eigenvalue weighted by molar-refractivity contribution is 0.0520. The SMILES string of the molecule is CCOC(C)C(=O)c1ccc(Cl)c(OC)c1. The smallest absolute Gasteiger partial charge is 0.191 e. The van der Waals surface area contributed by atoms with Crippen LogP contribution >= 0.6 is 11.6 Å². The van der Waals surface area contributed by atoms with E-state index in [-0.39, 0.29) is 5.78 Å². The summed E-state index contributed by atoms with van der Waals surface area (Å²) in [5.74, 6) is 0.424. The van der Waals surface area contributed by atoms with Gasteiger partial charge in [0.05, 0.1) is 12.1 Å². The van der Waals surface area contributed by atoms with Crippen molar-refractivity contribution in [1.29, 1.82) is 0 Å². The molecule has 0 aliphatic heterocycles. The van der Waals surface area contributed by atoms with Gasteiger partial charge in [-0.2, -0.15) is 0 Å². The standard InChI is InChI=1S/C12H15ClO3/c1-4-16-8(2)12(14)9-5-6-10(13)11(7-9)15-3/h5-8H,4H2,1-3H3. The number of rotatable bonds is 5. The van der Waals surface area contributed by atoms with Crippen molar-refractivity contribution in [1.82, 2.24) is 0 Å². The van der Waals surface area contributed by atoms with Crippen LogP contribution < -0.4 is 4.74 Å². The van der Waals surface area contributed by atoms with Gasteiger partial charge >= 0.3 is 0 Å². The monoisotopic (exact) mass is 242 g/mol. The summed E-state index contributed by atoms with van der Waals surface area (Å²) >= 11 is 5.87. The molecule has 4 heteroatoms. The zero-order valence-corrected chi connectivity index (χ0v) is 10.4. The fraction of sp³-hybridized carbons (Fsp3) is 0.417. The minimum Gasteiger partial charge on any atom is -0.495 e. The number of Topliss-reactive ketones (excluding diaryl/α,β-unsaturated/α-hetero) is 1. The molecule has 1 atom stereocenters. The normalized spacial score (nSPS) is 12.2. The molecule has 0 saturated heterocycles. The second kappa shape index (κ2) is 5.87. The molecule has 0 aromatic heterocycles. The molecule has 0 fully saturated rings. The molecule has 0 spiro atoms. The van der Waals surface area contributed by atoms with Gasteiger partial charge in [0.1, 0.15) is 11.9 Å². The highest BCUT2D eigenvalue weighted by Gasteiger charge is 2.16. The molecule has 1 rings (SSSR count). The van der Waals surface area contributed by atoms with Gasteiger partial charge < -0.3 is 9.47 Å². The third-order valence-corrected chi connectivity index (χ3v) is 2.53. The Labute approximate surface area is 100 Å². The first-order valence-corrected chi connectivity index (χ1v) is 5.47. The Balaban J connectivity index is 2.92. The van der Waals surface area contributed by atoms with Crippen molar-refractivity contribution in [2.75, 3.05) is 13.7 Å². The van der Waals surface area contributed by atoms with E-state index in [2.05, 4.69) is 0 Å². The second-order valence-corrected chi connectivity index (χ2v) is 3.72. The van der Waals surface area contributed by atoms with Crippen molar-refractivity contribution in [3.63, 3.8) is 0 Å². The summed E-state index contributed by atoms with van der Waals surface area (Å²) in [6, 6.07) is 4.94. The third-order valence-electron chi connectivity index (χ3n) is 2.22. The number of benzene rings is 1. The lowest BCUT2D eigenvalue weighted by Gasteiger charge is -2.11. The van der Waals surface area contributed by atoms with E-state index in [1.807, 2.05) is 6.92 Å². The highest BCUT2D eigenvalue weighted by molar-refractivity contribution is 6.32. The molecule has 1 unspecified atom stereocenters. The predicted octanol–water partition coefficient (Wildman–Crippen LogP) is 2.96. The van der Waals surface area contributed by atoms with Gasteiger partial charge in [0.25, 0.3) is 0 Å². The number of methoxy groups -OCH3 is 1. The van der Waals surface area contributed by atoms with Crippen LogP contribution in [0, 0.1) is 0 Å². The molecular weight excluding hydrogens is 228 g/mol. The first kappa shape index (κ1) is 13.0. The van der Waals surface area contributed by atoms with E-state index in [0.717, 1.165) is 0 Å². The van der Waals surface area contributed by atoms with E-state index in [0.29, 0.717) is 22.9 Å². The Hall–Kier alpha value is -1.06. The highest BCUT2D eigenvalue weighted by Crippen LogP contribution is 2.25. The van der Waals surface area contributed by atoms with E-state index < -0.39 is 6.10 Å². The molecule has 16 heavy (non-hydrogen) atoms. The number of hydrogen-bond donors (Lipinski definition) is 0. The summed E-state index contributed by atoms with van der Waals surface area (Å²) in [6.45, 7) is 4.09. The largest absolute Gasteiger partial charge is 0.495 e. The number of hydrogen-bond acceptors (Lipinski definition) is 3. The first-order valence-electron chi connectivity index (χ1n) is 5.09. The van der Waals surface area contributed by atoms with Crippen LogP contribution in [0.1, 0.15) is 24.2 Å². The molecule has 0 heterocycles. The minimum atomic E-state index is -0.448. The fourth-order valence-corrected chi connectivity index (χ4v) is 1.57. The van der Waals surface area contributed by atoms with Gasteiger partial charge in [-0.3, -0.25) is 4.79 Å². The zero-order valence-electron chi connectivity index (χ0n) is 9.62. The summed E-state index contributed by atoms with van der Waals surface area (Å²) in [7, 11) is 1.52. The summed E-state index contributed by atoms with van der Waals surface area (Å²) < 4.78 is 10.3. The molecule has 0 amide bonds. The van der Waals surface area contributed by atoms with Crippen LogP contribution in [0.5, 0.6) is 5.75 Å². The quantitative estimate of drug-likeness (QED) is 0.745. The molecule has 0 aliphatic rings. The molecule has 88 valence electrons. The Morgan fingerprint density at radius 3 is 2.75 bits per heavy atom. The van der Waals surface area contributed by atoms with Crippen molar-refractivity contribution >= 4 is 17.4 Å². The van der Waals surface area contributed by atoms with Gasteiger partial charge in [-0.15, -0.1) is 0 Å². The molecular formula is C12H15ClO3. The van der Waals surface area contributed by atoms with Crippen LogP contribution in [0.15, 0.2) is 18.2 Å². The Bertz CT molecular complexity index is 377. The van der Waals surface area contributed by atoms with Crippen molar-refractivity contribution in [3.05, 3.63) is 28.8 Å². The molecule has 0 bridgehead atoms. The van der Waals surface area contributed by atoms with Gasteiger partial charge in [0.2, 0.25) is 0 Å². The highest BCUT2D eigenvalue weighted by atomic mass is 35.5. The van der Waals surface area contributed by atoms with Gasteiger partial charge in [-0.05, 0) is 32.0 Å². The molecule has 0 saturated carbocycles. The Morgan fingerprint density at radius 2 is 2.19 bits per heavy atom. The zero-order chi connectivity index (χ0) is 12.1. The number of ketones is 1. The van der Waals surface area contributed by atoms with Crippen molar-refractivity contribution in [3.8, 4) is 5.75 Å². The van der Waals surface area contributed by atoms with E-state index in [9.17, 15) is 4.79 Å². The molecule has 1 aromatic rings. The van der Waals surface area contributed by atoms with E-state index in [1.54, 1.807) is 25.1 Å². The Morgan fingerprint density at radius 1 is 1.50 bits per heavy atom.